The quantitative estimate of drug-likeness (QED) is 0.415. The number of methoxy groups -OCH3 is 1. The highest BCUT2D eigenvalue weighted by Gasteiger charge is 2.29. The predicted octanol–water partition coefficient (Wildman–Crippen LogP) is 3.54. The molecule has 33 heavy (non-hydrogen) atoms. The summed E-state index contributed by atoms with van der Waals surface area (Å²) in [6.45, 7) is 3.52. The molecule has 1 atom stereocenters. The third-order valence-corrected chi connectivity index (χ3v) is 5.43. The summed E-state index contributed by atoms with van der Waals surface area (Å²) in [4.78, 5) is 35.8. The number of aromatic nitrogens is 2. The van der Waals surface area contributed by atoms with Crippen LogP contribution in [0.5, 0.6) is 17.4 Å². The fourth-order valence-electron chi connectivity index (χ4n) is 3.71. The second kappa shape index (κ2) is 9.51. The SMILES string of the molecule is COc1ccc(Oc2cc(N3CCN(C(=O)c4cccc([N+](=O)[O-])c4)C(C)C3)ncn2)cc1. The van der Waals surface area contributed by atoms with Crippen LogP contribution in [-0.4, -0.2) is 58.5 Å². The van der Waals surface area contributed by atoms with Gasteiger partial charge in [-0.25, -0.2) is 9.97 Å². The van der Waals surface area contributed by atoms with Gasteiger partial charge >= 0.3 is 0 Å². The van der Waals surface area contributed by atoms with Crippen LogP contribution in [0.3, 0.4) is 0 Å². The van der Waals surface area contributed by atoms with Crippen LogP contribution in [0, 0.1) is 10.1 Å². The van der Waals surface area contributed by atoms with Crippen molar-refractivity contribution >= 4 is 17.4 Å². The second-order valence-corrected chi connectivity index (χ2v) is 7.59. The minimum Gasteiger partial charge on any atom is -0.497 e. The van der Waals surface area contributed by atoms with E-state index in [0.717, 1.165) is 5.75 Å². The number of piperazine rings is 1. The van der Waals surface area contributed by atoms with Crippen molar-refractivity contribution in [2.75, 3.05) is 31.6 Å². The van der Waals surface area contributed by atoms with Crippen molar-refractivity contribution in [1.82, 2.24) is 14.9 Å². The zero-order valence-electron chi connectivity index (χ0n) is 18.2. The van der Waals surface area contributed by atoms with E-state index in [2.05, 4.69) is 14.9 Å². The van der Waals surface area contributed by atoms with Crippen LogP contribution >= 0.6 is 0 Å². The van der Waals surface area contributed by atoms with E-state index < -0.39 is 4.92 Å². The van der Waals surface area contributed by atoms with E-state index in [1.807, 2.05) is 6.92 Å². The van der Waals surface area contributed by atoms with Crippen LogP contribution in [0.1, 0.15) is 17.3 Å². The monoisotopic (exact) mass is 449 g/mol. The van der Waals surface area contributed by atoms with Gasteiger partial charge in [0.2, 0.25) is 5.88 Å². The average Bonchev–Trinajstić information content (AvgIpc) is 2.84. The minimum absolute atomic E-state index is 0.0995. The number of non-ortho nitro benzene ring substituents is 1. The first kappa shape index (κ1) is 22.0. The zero-order chi connectivity index (χ0) is 23.4. The Morgan fingerprint density at radius 3 is 2.55 bits per heavy atom. The molecule has 170 valence electrons. The van der Waals surface area contributed by atoms with Gasteiger partial charge in [-0.05, 0) is 37.3 Å². The van der Waals surface area contributed by atoms with Gasteiger partial charge in [0.15, 0.2) is 0 Å². The van der Waals surface area contributed by atoms with Crippen molar-refractivity contribution in [3.05, 3.63) is 76.6 Å². The number of nitro benzene ring substituents is 1. The van der Waals surface area contributed by atoms with E-state index in [9.17, 15) is 14.9 Å². The molecule has 0 N–H and O–H groups in total. The molecule has 0 aliphatic carbocycles. The van der Waals surface area contributed by atoms with Crippen molar-refractivity contribution in [1.29, 1.82) is 0 Å². The summed E-state index contributed by atoms with van der Waals surface area (Å²) < 4.78 is 11.0. The molecule has 2 heterocycles. The van der Waals surface area contributed by atoms with E-state index in [1.54, 1.807) is 48.4 Å². The third-order valence-electron chi connectivity index (χ3n) is 5.43. The second-order valence-electron chi connectivity index (χ2n) is 7.59. The lowest BCUT2D eigenvalue weighted by Crippen LogP contribution is -2.54. The van der Waals surface area contributed by atoms with Gasteiger partial charge in [0.05, 0.1) is 12.0 Å². The number of hydrogen-bond acceptors (Lipinski definition) is 8. The molecule has 0 radical (unpaired) electrons. The molecule has 1 amide bonds. The molecule has 0 bridgehead atoms. The summed E-state index contributed by atoms with van der Waals surface area (Å²) in [5.41, 5.74) is 0.208. The van der Waals surface area contributed by atoms with Gasteiger partial charge in [-0.3, -0.25) is 14.9 Å². The highest BCUT2D eigenvalue weighted by Crippen LogP contribution is 2.26. The van der Waals surface area contributed by atoms with E-state index in [4.69, 9.17) is 9.47 Å². The topological polar surface area (TPSA) is 111 Å². The Balaban J connectivity index is 1.43. The summed E-state index contributed by atoms with van der Waals surface area (Å²) in [5, 5.41) is 11.0. The molecule has 1 aliphatic heterocycles. The van der Waals surface area contributed by atoms with Gasteiger partial charge in [0, 0.05) is 49.4 Å². The number of benzene rings is 2. The van der Waals surface area contributed by atoms with Crippen molar-refractivity contribution < 1.29 is 19.2 Å². The lowest BCUT2D eigenvalue weighted by molar-refractivity contribution is -0.384. The van der Waals surface area contributed by atoms with Gasteiger partial charge in [-0.1, -0.05) is 6.07 Å². The number of carbonyl (C=O) groups excluding carboxylic acids is 1. The first-order valence-electron chi connectivity index (χ1n) is 10.4. The van der Waals surface area contributed by atoms with Crippen LogP contribution in [0.15, 0.2) is 60.9 Å². The van der Waals surface area contributed by atoms with E-state index in [1.165, 1.54) is 24.5 Å². The number of amides is 1. The zero-order valence-corrected chi connectivity index (χ0v) is 18.2. The third kappa shape index (κ3) is 5.00. The highest BCUT2D eigenvalue weighted by atomic mass is 16.6. The molecule has 4 rings (SSSR count). The molecule has 0 saturated carbocycles. The number of ether oxygens (including phenoxy) is 2. The molecule has 1 aromatic heterocycles. The first-order valence-corrected chi connectivity index (χ1v) is 10.4. The van der Waals surface area contributed by atoms with Crippen molar-refractivity contribution in [3.63, 3.8) is 0 Å². The van der Waals surface area contributed by atoms with Crippen molar-refractivity contribution in [3.8, 4) is 17.4 Å². The van der Waals surface area contributed by atoms with E-state index >= 15 is 0 Å². The van der Waals surface area contributed by atoms with Gasteiger partial charge in [-0.2, -0.15) is 0 Å². The number of anilines is 1. The maximum absolute atomic E-state index is 13.0. The predicted molar refractivity (Wildman–Crippen MR) is 121 cm³/mol. The molecule has 10 heteroatoms. The Hall–Kier alpha value is -4.21. The summed E-state index contributed by atoms with van der Waals surface area (Å²) in [7, 11) is 1.60. The summed E-state index contributed by atoms with van der Waals surface area (Å²) in [6.07, 6.45) is 1.44. The molecule has 1 fully saturated rings. The van der Waals surface area contributed by atoms with Crippen LogP contribution < -0.4 is 14.4 Å². The van der Waals surface area contributed by atoms with Crippen LogP contribution in [0.25, 0.3) is 0 Å². The Morgan fingerprint density at radius 1 is 1.09 bits per heavy atom. The first-order chi connectivity index (χ1) is 15.9. The van der Waals surface area contributed by atoms with Gasteiger partial charge in [0.1, 0.15) is 23.6 Å². The Bertz CT molecular complexity index is 1150. The van der Waals surface area contributed by atoms with Gasteiger partial charge in [0.25, 0.3) is 11.6 Å². The Kier molecular flexibility index (Phi) is 6.34. The molecule has 0 spiro atoms. The van der Waals surface area contributed by atoms with E-state index in [-0.39, 0.29) is 17.6 Å². The van der Waals surface area contributed by atoms with Crippen LogP contribution in [0.4, 0.5) is 11.5 Å². The lowest BCUT2D eigenvalue weighted by atomic mass is 10.1. The molecule has 1 unspecified atom stereocenters. The molecule has 10 nitrogen and oxygen atoms in total. The van der Waals surface area contributed by atoms with Crippen LogP contribution in [-0.2, 0) is 0 Å². The maximum atomic E-state index is 13.0. The fraction of sp³-hybridized carbons (Fsp3) is 0.261. The maximum Gasteiger partial charge on any atom is 0.270 e. The van der Waals surface area contributed by atoms with Gasteiger partial charge in [-0.15, -0.1) is 0 Å². The van der Waals surface area contributed by atoms with Crippen molar-refractivity contribution in [2.45, 2.75) is 13.0 Å². The lowest BCUT2D eigenvalue weighted by Gasteiger charge is -2.40. The standard InChI is InChI=1S/C23H23N5O5/c1-16-14-26(10-11-27(16)23(29)17-4-3-5-18(12-17)28(30)31)21-13-22(25-15-24-21)33-20-8-6-19(32-2)7-9-20/h3-9,12-13,15-16H,10-11,14H2,1-2H3. The van der Waals surface area contributed by atoms with Gasteiger partial charge < -0.3 is 19.3 Å². The van der Waals surface area contributed by atoms with Crippen molar-refractivity contribution in [2.24, 2.45) is 0 Å². The number of carbonyl (C=O) groups is 1. The molecular weight excluding hydrogens is 426 g/mol. The largest absolute Gasteiger partial charge is 0.497 e. The molecule has 1 saturated heterocycles. The highest BCUT2D eigenvalue weighted by molar-refractivity contribution is 5.95. The Labute approximate surface area is 190 Å². The number of hydrogen-bond donors (Lipinski definition) is 0. The number of nitro groups is 1. The summed E-state index contributed by atoms with van der Waals surface area (Å²) in [5.74, 6) is 2.24. The normalized spacial score (nSPS) is 15.8. The summed E-state index contributed by atoms with van der Waals surface area (Å²) >= 11 is 0. The number of rotatable bonds is 6. The molecule has 2 aromatic carbocycles. The molecule has 3 aromatic rings. The van der Waals surface area contributed by atoms with Crippen LogP contribution in [0.2, 0.25) is 0 Å². The summed E-state index contributed by atoms with van der Waals surface area (Å²) in [6, 6.07) is 14.6. The smallest absolute Gasteiger partial charge is 0.270 e. The molecule has 1 aliphatic rings. The molecular formula is C23H23N5O5. The minimum atomic E-state index is -0.501. The Morgan fingerprint density at radius 2 is 1.85 bits per heavy atom. The number of nitrogens with zero attached hydrogens (tertiary/aromatic N) is 5. The average molecular weight is 449 g/mol. The fourth-order valence-corrected chi connectivity index (χ4v) is 3.71. The van der Waals surface area contributed by atoms with E-state index in [0.29, 0.717) is 42.6 Å².